The van der Waals surface area contributed by atoms with Gasteiger partial charge >= 0.3 is 5.97 Å². The van der Waals surface area contributed by atoms with Gasteiger partial charge in [-0.05, 0) is 69.2 Å². The number of hydrogen-bond donors (Lipinski definition) is 0. The standard InChI is InChI=1S/C24H25ClN2O4S/c1-14(2)31-23(29)18-6-8-20(9-7-18)30-12-19-13-32-24(26-19)27(17(5)28)22-16(4)10-15(3)11-21(22)25/h6-11,13-14H,12H2,1-5H3. The van der Waals surface area contributed by atoms with Crippen LogP contribution in [0.3, 0.4) is 0 Å². The van der Waals surface area contributed by atoms with Crippen molar-refractivity contribution in [3.05, 3.63) is 69.2 Å². The minimum Gasteiger partial charge on any atom is -0.487 e. The summed E-state index contributed by atoms with van der Waals surface area (Å²) in [5, 5.41) is 2.87. The second kappa shape index (κ2) is 10.1. The Morgan fingerprint density at radius 3 is 2.44 bits per heavy atom. The van der Waals surface area contributed by atoms with Crippen LogP contribution >= 0.6 is 22.9 Å². The highest BCUT2D eigenvalue weighted by Crippen LogP contribution is 2.37. The second-order valence-electron chi connectivity index (χ2n) is 7.66. The van der Waals surface area contributed by atoms with Gasteiger partial charge in [0.15, 0.2) is 5.13 Å². The number of anilines is 2. The zero-order valence-corrected chi connectivity index (χ0v) is 20.2. The van der Waals surface area contributed by atoms with Gasteiger partial charge in [0.2, 0.25) is 5.91 Å². The van der Waals surface area contributed by atoms with E-state index in [1.807, 2.05) is 31.4 Å². The van der Waals surface area contributed by atoms with Crippen LogP contribution in [-0.4, -0.2) is 23.0 Å². The summed E-state index contributed by atoms with van der Waals surface area (Å²) in [5.74, 6) is 0.0520. The summed E-state index contributed by atoms with van der Waals surface area (Å²) in [5.41, 5.74) is 3.70. The molecule has 0 fully saturated rings. The molecule has 8 heteroatoms. The predicted octanol–water partition coefficient (Wildman–Crippen LogP) is 6.24. The van der Waals surface area contributed by atoms with E-state index in [1.54, 1.807) is 38.1 Å². The van der Waals surface area contributed by atoms with Gasteiger partial charge in [-0.25, -0.2) is 9.78 Å². The molecule has 0 bridgehead atoms. The van der Waals surface area contributed by atoms with Gasteiger partial charge in [0, 0.05) is 12.3 Å². The minimum atomic E-state index is -0.370. The van der Waals surface area contributed by atoms with Crippen LogP contribution in [0.25, 0.3) is 0 Å². The monoisotopic (exact) mass is 472 g/mol. The molecule has 0 aliphatic rings. The van der Waals surface area contributed by atoms with E-state index in [-0.39, 0.29) is 24.6 Å². The first-order valence-electron chi connectivity index (χ1n) is 10.1. The fourth-order valence-electron chi connectivity index (χ4n) is 3.17. The number of rotatable bonds is 7. The average molecular weight is 473 g/mol. The van der Waals surface area contributed by atoms with Gasteiger partial charge in [0.1, 0.15) is 12.4 Å². The van der Waals surface area contributed by atoms with Crippen molar-refractivity contribution in [2.75, 3.05) is 4.90 Å². The summed E-state index contributed by atoms with van der Waals surface area (Å²) in [7, 11) is 0. The second-order valence-corrected chi connectivity index (χ2v) is 8.90. The lowest BCUT2D eigenvalue weighted by atomic mass is 10.1. The fourth-order valence-corrected chi connectivity index (χ4v) is 4.43. The first-order chi connectivity index (χ1) is 15.2. The number of hydrogen-bond acceptors (Lipinski definition) is 6. The number of amides is 1. The molecule has 1 aromatic heterocycles. The van der Waals surface area contributed by atoms with E-state index in [1.165, 1.54) is 23.2 Å². The molecule has 2 aromatic carbocycles. The first kappa shape index (κ1) is 23.8. The van der Waals surface area contributed by atoms with Crippen molar-refractivity contribution in [1.82, 2.24) is 4.98 Å². The van der Waals surface area contributed by atoms with Gasteiger partial charge in [-0.15, -0.1) is 11.3 Å². The third-order valence-electron chi connectivity index (χ3n) is 4.49. The molecule has 0 spiro atoms. The van der Waals surface area contributed by atoms with Crippen molar-refractivity contribution in [3.63, 3.8) is 0 Å². The maximum absolute atomic E-state index is 12.4. The summed E-state index contributed by atoms with van der Waals surface area (Å²) in [6.45, 7) is 9.19. The van der Waals surface area contributed by atoms with Crippen molar-refractivity contribution in [3.8, 4) is 5.75 Å². The van der Waals surface area contributed by atoms with Crippen molar-refractivity contribution in [2.24, 2.45) is 0 Å². The Morgan fingerprint density at radius 2 is 1.84 bits per heavy atom. The number of carbonyl (C=O) groups excluding carboxylic acids is 2. The van der Waals surface area contributed by atoms with Crippen LogP contribution in [0.1, 0.15) is 48.0 Å². The molecule has 0 saturated carbocycles. The smallest absolute Gasteiger partial charge is 0.338 e. The summed E-state index contributed by atoms with van der Waals surface area (Å²) in [4.78, 5) is 30.5. The molecule has 3 aromatic rings. The van der Waals surface area contributed by atoms with Gasteiger partial charge in [-0.3, -0.25) is 9.69 Å². The molecular weight excluding hydrogens is 448 g/mol. The summed E-state index contributed by atoms with van der Waals surface area (Å²) in [6.07, 6.45) is -0.176. The number of halogens is 1. The van der Waals surface area contributed by atoms with Gasteiger partial charge in [-0.1, -0.05) is 17.7 Å². The average Bonchev–Trinajstić information content (AvgIpc) is 3.17. The Bertz CT molecular complexity index is 1100. The van der Waals surface area contributed by atoms with E-state index in [0.29, 0.717) is 32.8 Å². The summed E-state index contributed by atoms with van der Waals surface area (Å²) in [6, 6.07) is 10.6. The van der Waals surface area contributed by atoms with Crippen LogP contribution in [0.15, 0.2) is 41.8 Å². The predicted molar refractivity (Wildman–Crippen MR) is 127 cm³/mol. The van der Waals surface area contributed by atoms with Crippen LogP contribution in [0.5, 0.6) is 5.75 Å². The van der Waals surface area contributed by atoms with Crippen molar-refractivity contribution >= 4 is 45.6 Å². The Kier molecular flexibility index (Phi) is 7.53. The molecule has 0 radical (unpaired) electrons. The Hall–Kier alpha value is -2.90. The molecule has 0 N–H and O–H groups in total. The topological polar surface area (TPSA) is 68.7 Å². The summed E-state index contributed by atoms with van der Waals surface area (Å²) < 4.78 is 11.0. The molecule has 0 aliphatic carbocycles. The Morgan fingerprint density at radius 1 is 1.16 bits per heavy atom. The number of ether oxygens (including phenoxy) is 2. The van der Waals surface area contributed by atoms with E-state index in [0.717, 1.165) is 11.1 Å². The van der Waals surface area contributed by atoms with Crippen LogP contribution in [0.2, 0.25) is 5.02 Å². The van der Waals surface area contributed by atoms with Crippen LogP contribution in [0.4, 0.5) is 10.8 Å². The number of thiazole rings is 1. The van der Waals surface area contributed by atoms with E-state index >= 15 is 0 Å². The number of nitrogens with zero attached hydrogens (tertiary/aromatic N) is 2. The van der Waals surface area contributed by atoms with E-state index in [2.05, 4.69) is 4.98 Å². The Labute approximate surface area is 196 Å². The fraction of sp³-hybridized carbons (Fsp3) is 0.292. The van der Waals surface area contributed by atoms with E-state index < -0.39 is 0 Å². The number of aryl methyl sites for hydroxylation is 2. The van der Waals surface area contributed by atoms with Crippen molar-refractivity contribution in [1.29, 1.82) is 0 Å². The molecule has 0 atom stereocenters. The number of carbonyl (C=O) groups is 2. The Balaban J connectivity index is 1.73. The lowest BCUT2D eigenvalue weighted by Gasteiger charge is -2.22. The third-order valence-corrected chi connectivity index (χ3v) is 5.65. The molecule has 0 aliphatic heterocycles. The van der Waals surface area contributed by atoms with Crippen LogP contribution in [0, 0.1) is 13.8 Å². The molecule has 32 heavy (non-hydrogen) atoms. The molecule has 1 amide bonds. The number of esters is 1. The minimum absolute atomic E-state index is 0.176. The maximum atomic E-state index is 12.4. The van der Waals surface area contributed by atoms with Crippen molar-refractivity contribution < 1.29 is 19.1 Å². The zero-order valence-electron chi connectivity index (χ0n) is 18.6. The molecule has 1 heterocycles. The lowest BCUT2D eigenvalue weighted by molar-refractivity contribution is -0.115. The first-order valence-corrected chi connectivity index (χ1v) is 11.4. The lowest BCUT2D eigenvalue weighted by Crippen LogP contribution is -2.24. The van der Waals surface area contributed by atoms with E-state index in [9.17, 15) is 9.59 Å². The van der Waals surface area contributed by atoms with Gasteiger partial charge in [0.25, 0.3) is 0 Å². The van der Waals surface area contributed by atoms with E-state index in [4.69, 9.17) is 21.1 Å². The molecule has 0 saturated heterocycles. The maximum Gasteiger partial charge on any atom is 0.338 e. The van der Waals surface area contributed by atoms with Gasteiger partial charge in [0.05, 0.1) is 28.1 Å². The van der Waals surface area contributed by atoms with Crippen LogP contribution in [-0.2, 0) is 16.1 Å². The normalized spacial score (nSPS) is 10.8. The molecule has 0 unspecified atom stereocenters. The highest BCUT2D eigenvalue weighted by molar-refractivity contribution is 7.14. The third kappa shape index (κ3) is 5.66. The molecule has 6 nitrogen and oxygen atoms in total. The SMILES string of the molecule is CC(=O)N(c1nc(COc2ccc(C(=O)OC(C)C)cc2)cs1)c1c(C)cc(C)cc1Cl. The molecule has 168 valence electrons. The largest absolute Gasteiger partial charge is 0.487 e. The highest BCUT2D eigenvalue weighted by Gasteiger charge is 2.22. The van der Waals surface area contributed by atoms with Crippen molar-refractivity contribution in [2.45, 2.75) is 47.3 Å². The molecular formula is C24H25ClN2O4S. The summed E-state index contributed by atoms with van der Waals surface area (Å²) >= 11 is 7.80. The number of benzene rings is 2. The molecule has 3 rings (SSSR count). The highest BCUT2D eigenvalue weighted by atomic mass is 35.5. The van der Waals surface area contributed by atoms with Crippen LogP contribution < -0.4 is 9.64 Å². The van der Waals surface area contributed by atoms with Gasteiger partial charge in [-0.2, -0.15) is 0 Å². The van der Waals surface area contributed by atoms with Gasteiger partial charge < -0.3 is 9.47 Å². The zero-order chi connectivity index (χ0) is 23.4. The quantitative estimate of drug-likeness (QED) is 0.380. The number of aromatic nitrogens is 1.